The van der Waals surface area contributed by atoms with Crippen LogP contribution >= 0.6 is 0 Å². The van der Waals surface area contributed by atoms with Gasteiger partial charge >= 0.3 is 0 Å². The number of carbonyl (C=O) groups is 1. The highest BCUT2D eigenvalue weighted by molar-refractivity contribution is 5.85. The van der Waals surface area contributed by atoms with Gasteiger partial charge in [-0.3, -0.25) is 9.36 Å². The van der Waals surface area contributed by atoms with Crippen molar-refractivity contribution in [3.63, 3.8) is 0 Å². The van der Waals surface area contributed by atoms with Gasteiger partial charge < -0.3 is 19.7 Å². The molecule has 1 fully saturated rings. The number of nitrogens with zero attached hydrogens (tertiary/aromatic N) is 5. The van der Waals surface area contributed by atoms with E-state index in [1.807, 2.05) is 31.2 Å². The minimum Gasteiger partial charge on any atom is -0.486 e. The number of imidazole rings is 1. The maximum absolute atomic E-state index is 13.5. The van der Waals surface area contributed by atoms with E-state index in [-0.39, 0.29) is 18.0 Å². The van der Waals surface area contributed by atoms with Crippen LogP contribution in [0.1, 0.15) is 44.2 Å². The van der Waals surface area contributed by atoms with Crippen molar-refractivity contribution in [1.29, 1.82) is 0 Å². The van der Waals surface area contributed by atoms with Gasteiger partial charge in [0.2, 0.25) is 11.9 Å². The summed E-state index contributed by atoms with van der Waals surface area (Å²) in [6.07, 6.45) is 10.8. The van der Waals surface area contributed by atoms with E-state index in [1.165, 1.54) is 0 Å². The van der Waals surface area contributed by atoms with Crippen molar-refractivity contribution in [3.05, 3.63) is 54.7 Å². The van der Waals surface area contributed by atoms with Crippen LogP contribution in [0, 0.1) is 0 Å². The molecule has 1 amide bonds. The average molecular weight is 449 g/mol. The Balaban J connectivity index is 1.35. The van der Waals surface area contributed by atoms with E-state index in [4.69, 9.17) is 14.5 Å². The molecule has 5 rings (SSSR count). The molecule has 1 aromatic carbocycles. The summed E-state index contributed by atoms with van der Waals surface area (Å²) in [6.45, 7) is 3.86. The number of amides is 1. The summed E-state index contributed by atoms with van der Waals surface area (Å²) >= 11 is 0. The minimum absolute atomic E-state index is 0.00193. The average Bonchev–Trinajstić information content (AvgIpc) is 3.28. The van der Waals surface area contributed by atoms with Gasteiger partial charge in [0.05, 0.1) is 6.04 Å². The van der Waals surface area contributed by atoms with Gasteiger partial charge in [0.25, 0.3) is 0 Å². The monoisotopic (exact) mass is 448 g/mol. The lowest BCUT2D eigenvalue weighted by Crippen LogP contribution is -2.47. The number of hydrogen-bond donors (Lipinski definition) is 1. The number of fused-ring (bicyclic) bond motifs is 1. The molecular formula is C24H28N6O3. The first-order valence-corrected chi connectivity index (χ1v) is 11.5. The molecule has 0 bridgehead atoms. The second-order valence-electron chi connectivity index (χ2n) is 8.38. The number of anilines is 1. The van der Waals surface area contributed by atoms with Crippen molar-refractivity contribution in [1.82, 2.24) is 24.8 Å². The number of benzene rings is 1. The molecule has 9 nitrogen and oxygen atoms in total. The zero-order valence-electron chi connectivity index (χ0n) is 18.7. The summed E-state index contributed by atoms with van der Waals surface area (Å²) in [5.74, 6) is 2.77. The van der Waals surface area contributed by atoms with Gasteiger partial charge in [0.15, 0.2) is 11.5 Å². The lowest BCUT2D eigenvalue weighted by Gasteiger charge is -2.31. The third-order valence-corrected chi connectivity index (χ3v) is 6.14. The van der Waals surface area contributed by atoms with E-state index in [0.717, 1.165) is 55.1 Å². The maximum atomic E-state index is 13.5. The Labute approximate surface area is 192 Å². The molecule has 2 aromatic heterocycles. The molecule has 0 aliphatic carbocycles. The van der Waals surface area contributed by atoms with Crippen molar-refractivity contribution in [2.45, 2.75) is 44.7 Å². The van der Waals surface area contributed by atoms with E-state index in [1.54, 1.807) is 29.5 Å². The summed E-state index contributed by atoms with van der Waals surface area (Å²) in [5.41, 5.74) is 0.984. The molecule has 9 heteroatoms. The molecule has 2 unspecified atom stereocenters. The zero-order valence-corrected chi connectivity index (χ0v) is 18.7. The second-order valence-corrected chi connectivity index (χ2v) is 8.38. The number of aromatic nitrogens is 4. The molecule has 0 radical (unpaired) electrons. The Morgan fingerprint density at radius 2 is 2.00 bits per heavy atom. The molecule has 0 saturated carbocycles. The molecule has 0 spiro atoms. The fourth-order valence-corrected chi connectivity index (χ4v) is 4.38. The van der Waals surface area contributed by atoms with Crippen molar-refractivity contribution in [2.75, 3.05) is 24.7 Å². The van der Waals surface area contributed by atoms with Crippen LogP contribution < -0.4 is 19.7 Å². The fourth-order valence-electron chi connectivity index (χ4n) is 4.38. The number of hydrogen-bond acceptors (Lipinski definition) is 7. The van der Waals surface area contributed by atoms with Gasteiger partial charge in [-0.2, -0.15) is 4.98 Å². The molecule has 1 N–H and O–H groups in total. The quantitative estimate of drug-likeness (QED) is 0.641. The van der Waals surface area contributed by atoms with E-state index >= 15 is 0 Å². The van der Waals surface area contributed by atoms with E-state index in [9.17, 15) is 4.79 Å². The van der Waals surface area contributed by atoms with Crippen molar-refractivity contribution >= 4 is 11.7 Å². The standard InChI is InChI=1S/C24H28N6O3/c1-17(18-6-7-20-21(15-18)33-14-13-32-20)27-23(31)19-5-3-2-4-11-30(19)22-8-9-26-24(28-22)29-12-10-25-16-29/h6-10,12,15-17,19H,2-5,11,13-14H2,1H3,(H,27,31). The molecule has 4 heterocycles. The molecule has 2 aliphatic rings. The second kappa shape index (κ2) is 9.48. The Morgan fingerprint density at radius 3 is 2.85 bits per heavy atom. The maximum Gasteiger partial charge on any atom is 0.243 e. The third-order valence-electron chi connectivity index (χ3n) is 6.14. The van der Waals surface area contributed by atoms with Crippen molar-refractivity contribution in [3.8, 4) is 17.4 Å². The Bertz CT molecular complexity index is 1100. The first kappa shape index (κ1) is 21.2. The van der Waals surface area contributed by atoms with Crippen LogP contribution in [0.25, 0.3) is 5.95 Å². The van der Waals surface area contributed by atoms with Crippen LogP contribution in [0.4, 0.5) is 5.82 Å². The van der Waals surface area contributed by atoms with E-state index in [0.29, 0.717) is 19.2 Å². The summed E-state index contributed by atoms with van der Waals surface area (Å²) < 4.78 is 13.1. The predicted octanol–water partition coefficient (Wildman–Crippen LogP) is 3.06. The fraction of sp³-hybridized carbons (Fsp3) is 0.417. The van der Waals surface area contributed by atoms with Gasteiger partial charge in [-0.15, -0.1) is 0 Å². The zero-order chi connectivity index (χ0) is 22.6. The smallest absolute Gasteiger partial charge is 0.243 e. The molecule has 2 atom stereocenters. The highest BCUT2D eigenvalue weighted by atomic mass is 16.6. The summed E-state index contributed by atoms with van der Waals surface area (Å²) in [4.78, 5) is 28.7. The van der Waals surface area contributed by atoms with Crippen LogP contribution in [-0.4, -0.2) is 51.2 Å². The SMILES string of the molecule is CC(NC(=O)C1CCCCCN1c1ccnc(-n2ccnc2)n1)c1ccc2c(c1)OCCO2. The Hall–Kier alpha value is -3.62. The van der Waals surface area contributed by atoms with Gasteiger partial charge in [0.1, 0.15) is 31.4 Å². The first-order valence-electron chi connectivity index (χ1n) is 11.5. The molecule has 33 heavy (non-hydrogen) atoms. The van der Waals surface area contributed by atoms with Crippen molar-refractivity contribution < 1.29 is 14.3 Å². The Morgan fingerprint density at radius 1 is 1.12 bits per heavy atom. The predicted molar refractivity (Wildman–Crippen MR) is 123 cm³/mol. The lowest BCUT2D eigenvalue weighted by atomic mass is 10.1. The molecule has 2 aliphatic heterocycles. The topological polar surface area (TPSA) is 94.4 Å². The van der Waals surface area contributed by atoms with Gasteiger partial charge in [-0.1, -0.05) is 18.9 Å². The van der Waals surface area contributed by atoms with E-state index in [2.05, 4.69) is 20.2 Å². The summed E-state index contributed by atoms with van der Waals surface area (Å²) in [6, 6.07) is 7.25. The van der Waals surface area contributed by atoms with Gasteiger partial charge in [-0.25, -0.2) is 9.97 Å². The molecular weight excluding hydrogens is 420 g/mol. The van der Waals surface area contributed by atoms with Crippen LogP contribution in [0.15, 0.2) is 49.2 Å². The van der Waals surface area contributed by atoms with Crippen LogP contribution in [0.3, 0.4) is 0 Å². The minimum atomic E-state index is -0.294. The van der Waals surface area contributed by atoms with Crippen molar-refractivity contribution in [2.24, 2.45) is 0 Å². The number of ether oxygens (including phenoxy) is 2. The van der Waals surface area contributed by atoms with Crippen LogP contribution in [-0.2, 0) is 4.79 Å². The van der Waals surface area contributed by atoms with Gasteiger partial charge in [-0.05, 0) is 43.5 Å². The number of carbonyl (C=O) groups excluding carboxylic acids is 1. The van der Waals surface area contributed by atoms with Gasteiger partial charge in [0, 0.05) is 25.1 Å². The van der Waals surface area contributed by atoms with Crippen LogP contribution in [0.5, 0.6) is 11.5 Å². The van der Waals surface area contributed by atoms with E-state index < -0.39 is 0 Å². The molecule has 172 valence electrons. The molecule has 1 saturated heterocycles. The third kappa shape index (κ3) is 4.62. The first-order chi connectivity index (χ1) is 16.2. The summed E-state index contributed by atoms with van der Waals surface area (Å²) in [5, 5.41) is 3.21. The number of nitrogens with one attached hydrogen (secondary N) is 1. The highest BCUT2D eigenvalue weighted by Crippen LogP contribution is 2.33. The Kier molecular flexibility index (Phi) is 6.10. The summed E-state index contributed by atoms with van der Waals surface area (Å²) in [7, 11) is 0. The largest absolute Gasteiger partial charge is 0.486 e. The number of rotatable bonds is 5. The highest BCUT2D eigenvalue weighted by Gasteiger charge is 2.30. The van der Waals surface area contributed by atoms with Crippen LogP contribution in [0.2, 0.25) is 0 Å². The normalized spacial score (nSPS) is 18.9. The molecule has 3 aromatic rings. The lowest BCUT2D eigenvalue weighted by molar-refractivity contribution is -0.123.